The third-order valence-electron chi connectivity index (χ3n) is 6.74. The minimum absolute atomic E-state index is 0.128. The van der Waals surface area contributed by atoms with Crippen molar-refractivity contribution in [1.29, 1.82) is 0 Å². The Kier molecular flexibility index (Phi) is 6.41. The van der Waals surface area contributed by atoms with Crippen LogP contribution in [0.4, 0.5) is 14.6 Å². The number of hydrogen-bond acceptors (Lipinski definition) is 7. The summed E-state index contributed by atoms with van der Waals surface area (Å²) in [4.78, 5) is 21.9. The predicted molar refractivity (Wildman–Crippen MR) is 132 cm³/mol. The van der Waals surface area contributed by atoms with Gasteiger partial charge in [0.2, 0.25) is 17.5 Å². The number of carbonyl (C=O) groups excluding carboxylic acids is 1. The predicted octanol–water partition coefficient (Wildman–Crippen LogP) is 3.02. The van der Waals surface area contributed by atoms with Crippen LogP contribution in [0, 0.1) is 29.4 Å². The molecule has 3 aromatic heterocycles. The molecule has 4 heterocycles. The first-order valence-corrected chi connectivity index (χ1v) is 11.9. The van der Waals surface area contributed by atoms with Crippen molar-refractivity contribution in [3.05, 3.63) is 47.3 Å². The molecule has 2 aliphatic rings. The lowest BCUT2D eigenvalue weighted by atomic mass is 10.1. The van der Waals surface area contributed by atoms with E-state index in [-0.39, 0.29) is 23.5 Å². The fourth-order valence-electron chi connectivity index (χ4n) is 4.67. The maximum Gasteiger partial charge on any atom is 0.254 e. The monoisotopic (exact) mass is 508 g/mol. The minimum Gasteiger partial charge on any atom is -0.479 e. The van der Waals surface area contributed by atoms with Gasteiger partial charge in [-0.3, -0.25) is 9.48 Å². The van der Waals surface area contributed by atoms with Crippen molar-refractivity contribution in [2.24, 2.45) is 5.92 Å². The molecule has 1 atom stereocenters. The van der Waals surface area contributed by atoms with Crippen LogP contribution in [0.25, 0.3) is 10.9 Å². The van der Waals surface area contributed by atoms with Crippen molar-refractivity contribution in [3.63, 3.8) is 0 Å². The first-order valence-electron chi connectivity index (χ1n) is 11.9. The number of methoxy groups -OCH3 is 2. The molecule has 1 amide bonds. The Morgan fingerprint density at radius 3 is 2.54 bits per heavy atom. The summed E-state index contributed by atoms with van der Waals surface area (Å²) in [7, 11) is 2.43. The van der Waals surface area contributed by atoms with Crippen LogP contribution in [0.5, 0.6) is 11.8 Å². The smallest absolute Gasteiger partial charge is 0.254 e. The van der Waals surface area contributed by atoms with Crippen molar-refractivity contribution < 1.29 is 23.0 Å². The second-order valence-electron chi connectivity index (χ2n) is 9.15. The number of amides is 1. The molecule has 37 heavy (non-hydrogen) atoms. The summed E-state index contributed by atoms with van der Waals surface area (Å²) in [6.45, 7) is 4.58. The molecular weight excluding hydrogens is 482 g/mol. The molecule has 192 valence electrons. The number of pyridine rings is 2. The number of aromatic nitrogens is 4. The molecular formula is C26H26F2N6O3. The van der Waals surface area contributed by atoms with E-state index >= 15 is 0 Å². The Labute approximate surface area is 212 Å². The van der Waals surface area contributed by atoms with Gasteiger partial charge in [0.05, 0.1) is 31.2 Å². The van der Waals surface area contributed by atoms with Crippen LogP contribution in [-0.4, -0.2) is 57.9 Å². The fourth-order valence-corrected chi connectivity index (χ4v) is 4.67. The molecule has 11 heteroatoms. The van der Waals surface area contributed by atoms with E-state index in [1.807, 2.05) is 4.68 Å². The summed E-state index contributed by atoms with van der Waals surface area (Å²) in [5.74, 6) is 2.99. The van der Waals surface area contributed by atoms with E-state index in [1.54, 1.807) is 11.1 Å². The molecule has 0 radical (unpaired) electrons. The third kappa shape index (κ3) is 4.43. The fraction of sp³-hybridized carbons (Fsp3) is 0.385. The molecule has 1 aliphatic heterocycles. The Balaban J connectivity index is 1.66. The second kappa shape index (κ2) is 9.69. The molecule has 1 saturated carbocycles. The highest BCUT2D eigenvalue weighted by atomic mass is 19.1. The van der Waals surface area contributed by atoms with Gasteiger partial charge in [-0.15, -0.1) is 0 Å². The molecule has 0 bridgehead atoms. The SMILES string of the molecule is C=CC(=O)N1CC[C@H](n2nc(C#Cc3c(F)c(OC)nc(OC)c3F)c3c(N)ncc(CC4CC4)c32)C1. The van der Waals surface area contributed by atoms with Gasteiger partial charge in [0.25, 0.3) is 11.8 Å². The van der Waals surface area contributed by atoms with E-state index < -0.39 is 29.0 Å². The van der Waals surface area contributed by atoms with E-state index in [0.29, 0.717) is 30.8 Å². The van der Waals surface area contributed by atoms with Crippen LogP contribution in [0.1, 0.15) is 42.1 Å². The van der Waals surface area contributed by atoms with Crippen LogP contribution in [0.2, 0.25) is 0 Å². The molecule has 3 aromatic rings. The average Bonchev–Trinajstić information content (AvgIpc) is 3.43. The van der Waals surface area contributed by atoms with Gasteiger partial charge < -0.3 is 20.1 Å². The summed E-state index contributed by atoms with van der Waals surface area (Å²) in [5.41, 5.74) is 7.73. The third-order valence-corrected chi connectivity index (χ3v) is 6.74. The summed E-state index contributed by atoms with van der Waals surface area (Å²) < 4.78 is 41.4. The number of halogens is 2. The normalized spacial score (nSPS) is 17.0. The van der Waals surface area contributed by atoms with Gasteiger partial charge in [0, 0.05) is 19.3 Å². The van der Waals surface area contributed by atoms with Crippen molar-refractivity contribution in [2.75, 3.05) is 33.0 Å². The molecule has 5 rings (SSSR count). The number of rotatable bonds is 6. The highest BCUT2D eigenvalue weighted by Crippen LogP contribution is 2.38. The Hall–Kier alpha value is -4.20. The van der Waals surface area contributed by atoms with Gasteiger partial charge in [-0.05, 0) is 49.2 Å². The van der Waals surface area contributed by atoms with Crippen molar-refractivity contribution in [3.8, 4) is 23.6 Å². The van der Waals surface area contributed by atoms with E-state index in [1.165, 1.54) is 20.3 Å². The van der Waals surface area contributed by atoms with Crippen molar-refractivity contribution in [2.45, 2.75) is 31.7 Å². The summed E-state index contributed by atoms with van der Waals surface area (Å²) in [6.07, 6.45) is 6.82. The number of hydrogen-bond donors (Lipinski definition) is 1. The molecule has 2 fully saturated rings. The largest absolute Gasteiger partial charge is 0.479 e. The van der Waals surface area contributed by atoms with Crippen LogP contribution in [0.3, 0.4) is 0 Å². The molecule has 9 nitrogen and oxygen atoms in total. The number of nitrogens with two attached hydrogens (primary N) is 1. The van der Waals surface area contributed by atoms with E-state index in [2.05, 4.69) is 28.4 Å². The van der Waals surface area contributed by atoms with Gasteiger partial charge in [-0.25, -0.2) is 4.98 Å². The molecule has 0 aromatic carbocycles. The number of nitrogens with zero attached hydrogens (tertiary/aromatic N) is 5. The number of ether oxygens (including phenoxy) is 2. The van der Waals surface area contributed by atoms with E-state index in [9.17, 15) is 13.6 Å². The standard InChI is InChI=1S/C26H26F2N6O3/c1-4-19(35)33-10-9-16(13-33)34-23-15(11-14-5-6-14)12-30-24(29)20(23)18(32-34)8-7-17-21(27)25(36-2)31-26(37-3)22(17)28/h4,12,14,16H,1,5-6,9-11,13H2,2-3H3,(H2,29,30)/t16-/m0/s1. The molecule has 1 saturated heterocycles. The number of nitrogen functional groups attached to an aromatic ring is 1. The lowest BCUT2D eigenvalue weighted by Gasteiger charge is -2.16. The van der Waals surface area contributed by atoms with E-state index in [0.717, 1.165) is 30.3 Å². The number of likely N-dealkylation sites (tertiary alicyclic amines) is 1. The van der Waals surface area contributed by atoms with E-state index in [4.69, 9.17) is 20.3 Å². The minimum atomic E-state index is -1.05. The van der Waals surface area contributed by atoms with Gasteiger partial charge in [-0.2, -0.15) is 18.9 Å². The zero-order valence-electron chi connectivity index (χ0n) is 20.6. The van der Waals surface area contributed by atoms with Crippen LogP contribution in [0.15, 0.2) is 18.9 Å². The number of carbonyl (C=O) groups is 1. The highest BCUT2D eigenvalue weighted by molar-refractivity contribution is 5.95. The Morgan fingerprint density at radius 2 is 1.92 bits per heavy atom. The first-order chi connectivity index (χ1) is 17.9. The Morgan fingerprint density at radius 1 is 1.22 bits per heavy atom. The van der Waals surface area contributed by atoms with Crippen LogP contribution < -0.4 is 15.2 Å². The maximum absolute atomic E-state index is 14.9. The quantitative estimate of drug-likeness (QED) is 0.403. The molecule has 2 N–H and O–H groups in total. The zero-order chi connectivity index (χ0) is 26.3. The lowest BCUT2D eigenvalue weighted by Crippen LogP contribution is -2.27. The van der Waals surface area contributed by atoms with Crippen molar-refractivity contribution >= 4 is 22.6 Å². The summed E-state index contributed by atoms with van der Waals surface area (Å²) in [5, 5.41) is 5.26. The summed E-state index contributed by atoms with van der Waals surface area (Å²) >= 11 is 0. The molecule has 0 spiro atoms. The van der Waals surface area contributed by atoms with Gasteiger partial charge in [0.15, 0.2) is 0 Å². The Bertz CT molecular complexity index is 1440. The van der Waals surface area contributed by atoms with Crippen LogP contribution in [-0.2, 0) is 11.2 Å². The first kappa shape index (κ1) is 24.5. The summed E-state index contributed by atoms with van der Waals surface area (Å²) in [6, 6.07) is -0.128. The maximum atomic E-state index is 14.9. The highest BCUT2D eigenvalue weighted by Gasteiger charge is 2.31. The average molecular weight is 509 g/mol. The zero-order valence-corrected chi connectivity index (χ0v) is 20.6. The second-order valence-corrected chi connectivity index (χ2v) is 9.15. The molecule has 0 unspecified atom stereocenters. The van der Waals surface area contributed by atoms with Gasteiger partial charge in [0.1, 0.15) is 17.1 Å². The molecule has 1 aliphatic carbocycles. The van der Waals surface area contributed by atoms with Gasteiger partial charge >= 0.3 is 0 Å². The van der Waals surface area contributed by atoms with Crippen LogP contribution >= 0.6 is 0 Å². The van der Waals surface area contributed by atoms with Gasteiger partial charge in [-0.1, -0.05) is 12.5 Å². The van der Waals surface area contributed by atoms with Crippen molar-refractivity contribution in [1.82, 2.24) is 24.6 Å². The number of anilines is 1. The topological polar surface area (TPSA) is 108 Å². The number of fused-ring (bicyclic) bond motifs is 1. The lowest BCUT2D eigenvalue weighted by molar-refractivity contribution is -0.125.